The lowest BCUT2D eigenvalue weighted by atomic mass is 10.1. The van der Waals surface area contributed by atoms with Gasteiger partial charge in [0, 0.05) is 5.57 Å². The standard InChI is InChI=1S/C12H22O3/c1-3-4-5-6-7-8-11(13)9-10(2)12(14)15/h9,11,13H,3-8H2,1-2H3,(H,14,15). The van der Waals surface area contributed by atoms with E-state index >= 15 is 0 Å². The monoisotopic (exact) mass is 214 g/mol. The first kappa shape index (κ1) is 14.2. The van der Waals surface area contributed by atoms with E-state index in [1.165, 1.54) is 32.3 Å². The molecule has 1 unspecified atom stereocenters. The Morgan fingerprint density at radius 3 is 2.40 bits per heavy atom. The average Bonchev–Trinajstić information content (AvgIpc) is 2.17. The minimum absolute atomic E-state index is 0.219. The molecule has 0 aromatic rings. The number of hydrogen-bond acceptors (Lipinski definition) is 2. The van der Waals surface area contributed by atoms with Gasteiger partial charge < -0.3 is 10.2 Å². The average molecular weight is 214 g/mol. The van der Waals surface area contributed by atoms with Crippen LogP contribution in [0.15, 0.2) is 11.6 Å². The molecule has 88 valence electrons. The summed E-state index contributed by atoms with van der Waals surface area (Å²) in [5.74, 6) is -0.958. The number of aliphatic hydroxyl groups excluding tert-OH is 1. The van der Waals surface area contributed by atoms with Crippen molar-refractivity contribution in [3.63, 3.8) is 0 Å². The summed E-state index contributed by atoms with van der Waals surface area (Å²) in [6.45, 7) is 3.66. The smallest absolute Gasteiger partial charge is 0.331 e. The van der Waals surface area contributed by atoms with E-state index in [1.54, 1.807) is 0 Å². The molecule has 0 spiro atoms. The van der Waals surface area contributed by atoms with Crippen LogP contribution < -0.4 is 0 Å². The summed E-state index contributed by atoms with van der Waals surface area (Å²) in [4.78, 5) is 10.5. The van der Waals surface area contributed by atoms with Crippen LogP contribution in [0.25, 0.3) is 0 Å². The first-order valence-corrected chi connectivity index (χ1v) is 5.67. The van der Waals surface area contributed by atoms with Gasteiger partial charge in [0.15, 0.2) is 0 Å². The van der Waals surface area contributed by atoms with Crippen molar-refractivity contribution in [1.29, 1.82) is 0 Å². The van der Waals surface area contributed by atoms with Crippen molar-refractivity contribution in [3.8, 4) is 0 Å². The van der Waals surface area contributed by atoms with Crippen LogP contribution in [0.1, 0.15) is 52.4 Å². The largest absolute Gasteiger partial charge is 0.478 e. The number of carboxylic acid groups (broad SMARTS) is 1. The fraction of sp³-hybridized carbons (Fsp3) is 0.750. The zero-order valence-corrected chi connectivity index (χ0v) is 9.70. The number of rotatable bonds is 8. The second-order valence-corrected chi connectivity index (χ2v) is 3.93. The number of aliphatic carboxylic acids is 1. The maximum Gasteiger partial charge on any atom is 0.331 e. The van der Waals surface area contributed by atoms with Gasteiger partial charge in [0.05, 0.1) is 6.10 Å². The SMILES string of the molecule is CCCCCCCC(O)C=C(C)C(=O)O. The second-order valence-electron chi connectivity index (χ2n) is 3.93. The van der Waals surface area contributed by atoms with E-state index in [1.807, 2.05) is 0 Å². The van der Waals surface area contributed by atoms with Crippen LogP contribution in [0.4, 0.5) is 0 Å². The third-order valence-electron chi connectivity index (χ3n) is 2.38. The number of carboxylic acids is 1. The molecule has 0 aromatic heterocycles. The van der Waals surface area contributed by atoms with E-state index in [0.29, 0.717) is 6.42 Å². The topological polar surface area (TPSA) is 57.5 Å². The number of aliphatic hydroxyl groups is 1. The molecule has 0 fully saturated rings. The summed E-state index contributed by atoms with van der Waals surface area (Å²) in [5, 5.41) is 18.1. The van der Waals surface area contributed by atoms with Crippen LogP contribution >= 0.6 is 0 Å². The molecule has 0 radical (unpaired) electrons. The van der Waals surface area contributed by atoms with Gasteiger partial charge in [0.1, 0.15) is 0 Å². The van der Waals surface area contributed by atoms with Gasteiger partial charge in [-0.3, -0.25) is 0 Å². The fourth-order valence-electron chi connectivity index (χ4n) is 1.40. The lowest BCUT2D eigenvalue weighted by molar-refractivity contribution is -0.132. The maximum absolute atomic E-state index is 10.5. The van der Waals surface area contributed by atoms with E-state index in [9.17, 15) is 9.90 Å². The van der Waals surface area contributed by atoms with Gasteiger partial charge in [0.2, 0.25) is 0 Å². The van der Waals surface area contributed by atoms with Crippen LogP contribution in [0, 0.1) is 0 Å². The lowest BCUT2D eigenvalue weighted by Crippen LogP contribution is -2.06. The molecule has 0 bridgehead atoms. The second kappa shape index (κ2) is 8.48. The molecule has 0 aromatic carbocycles. The summed E-state index contributed by atoms with van der Waals surface area (Å²) in [5.41, 5.74) is 0.219. The van der Waals surface area contributed by atoms with E-state index < -0.39 is 12.1 Å². The molecule has 0 aliphatic carbocycles. The summed E-state index contributed by atoms with van der Waals surface area (Å²) >= 11 is 0. The molecule has 0 heterocycles. The molecular formula is C12H22O3. The highest BCUT2D eigenvalue weighted by Crippen LogP contribution is 2.09. The molecule has 2 N–H and O–H groups in total. The van der Waals surface area contributed by atoms with Crippen molar-refractivity contribution < 1.29 is 15.0 Å². The molecule has 1 atom stereocenters. The Bertz CT molecular complexity index is 209. The van der Waals surface area contributed by atoms with Crippen LogP contribution in [-0.4, -0.2) is 22.3 Å². The molecular weight excluding hydrogens is 192 g/mol. The lowest BCUT2D eigenvalue weighted by Gasteiger charge is -2.05. The summed E-state index contributed by atoms with van der Waals surface area (Å²) < 4.78 is 0. The van der Waals surface area contributed by atoms with Gasteiger partial charge in [-0.25, -0.2) is 4.79 Å². The zero-order chi connectivity index (χ0) is 11.7. The van der Waals surface area contributed by atoms with Gasteiger partial charge >= 0.3 is 5.97 Å². The Morgan fingerprint density at radius 1 is 1.27 bits per heavy atom. The Balaban J connectivity index is 3.61. The third-order valence-corrected chi connectivity index (χ3v) is 2.38. The predicted molar refractivity (Wildman–Crippen MR) is 60.8 cm³/mol. The summed E-state index contributed by atoms with van der Waals surface area (Å²) in [6.07, 6.45) is 7.19. The Kier molecular flexibility index (Phi) is 8.01. The molecule has 3 heteroatoms. The summed E-state index contributed by atoms with van der Waals surface area (Å²) in [7, 11) is 0. The first-order valence-electron chi connectivity index (χ1n) is 5.67. The zero-order valence-electron chi connectivity index (χ0n) is 9.70. The van der Waals surface area contributed by atoms with Gasteiger partial charge in [-0.15, -0.1) is 0 Å². The van der Waals surface area contributed by atoms with E-state index in [4.69, 9.17) is 5.11 Å². The highest BCUT2D eigenvalue weighted by atomic mass is 16.4. The number of hydrogen-bond donors (Lipinski definition) is 2. The van der Waals surface area contributed by atoms with Crippen molar-refractivity contribution in [2.75, 3.05) is 0 Å². The van der Waals surface area contributed by atoms with E-state index in [-0.39, 0.29) is 5.57 Å². The normalized spacial score (nSPS) is 13.9. The molecule has 0 rings (SSSR count). The number of carbonyl (C=O) groups is 1. The van der Waals surface area contributed by atoms with Crippen molar-refractivity contribution in [2.24, 2.45) is 0 Å². The quantitative estimate of drug-likeness (QED) is 0.482. The van der Waals surface area contributed by atoms with Crippen LogP contribution in [0.3, 0.4) is 0 Å². The highest BCUT2D eigenvalue weighted by Gasteiger charge is 2.04. The van der Waals surface area contributed by atoms with Crippen molar-refractivity contribution >= 4 is 5.97 Å². The third kappa shape index (κ3) is 8.18. The molecule has 0 amide bonds. The Morgan fingerprint density at radius 2 is 1.87 bits per heavy atom. The van der Waals surface area contributed by atoms with Crippen molar-refractivity contribution in [2.45, 2.75) is 58.5 Å². The first-order chi connectivity index (χ1) is 7.07. The van der Waals surface area contributed by atoms with Crippen LogP contribution in [0.5, 0.6) is 0 Å². The van der Waals surface area contributed by atoms with Gasteiger partial charge in [-0.05, 0) is 19.4 Å². The molecule has 0 saturated heterocycles. The van der Waals surface area contributed by atoms with Crippen molar-refractivity contribution in [1.82, 2.24) is 0 Å². The van der Waals surface area contributed by atoms with Gasteiger partial charge in [0.25, 0.3) is 0 Å². The highest BCUT2D eigenvalue weighted by molar-refractivity contribution is 5.85. The molecule has 15 heavy (non-hydrogen) atoms. The molecule has 0 aliphatic rings. The summed E-state index contributed by atoms with van der Waals surface area (Å²) in [6, 6.07) is 0. The minimum atomic E-state index is -0.958. The molecule has 3 nitrogen and oxygen atoms in total. The van der Waals surface area contributed by atoms with Crippen LogP contribution in [-0.2, 0) is 4.79 Å². The predicted octanol–water partition coefficient (Wildman–Crippen LogP) is 2.74. The maximum atomic E-state index is 10.5. The van der Waals surface area contributed by atoms with Crippen molar-refractivity contribution in [3.05, 3.63) is 11.6 Å². The number of unbranched alkanes of at least 4 members (excludes halogenated alkanes) is 4. The molecule has 0 aliphatic heterocycles. The molecule has 0 saturated carbocycles. The van der Waals surface area contributed by atoms with E-state index in [0.717, 1.165) is 12.8 Å². The fourth-order valence-corrected chi connectivity index (χ4v) is 1.40. The van der Waals surface area contributed by atoms with Gasteiger partial charge in [-0.1, -0.05) is 39.0 Å². The van der Waals surface area contributed by atoms with E-state index in [2.05, 4.69) is 6.92 Å². The van der Waals surface area contributed by atoms with Gasteiger partial charge in [-0.2, -0.15) is 0 Å². The minimum Gasteiger partial charge on any atom is -0.478 e. The Hall–Kier alpha value is -0.830. The Labute approximate surface area is 91.8 Å². The van der Waals surface area contributed by atoms with Crippen LogP contribution in [0.2, 0.25) is 0 Å².